The van der Waals surface area contributed by atoms with E-state index in [1.807, 2.05) is 16.7 Å². The molecule has 2 fully saturated rings. The van der Waals surface area contributed by atoms with Gasteiger partial charge < -0.3 is 9.80 Å². The lowest BCUT2D eigenvalue weighted by Crippen LogP contribution is -2.50. The summed E-state index contributed by atoms with van der Waals surface area (Å²) in [5.41, 5.74) is -0.329. The lowest BCUT2D eigenvalue weighted by Gasteiger charge is -2.39. The maximum absolute atomic E-state index is 12.9. The van der Waals surface area contributed by atoms with E-state index in [0.29, 0.717) is 31.8 Å². The molecule has 2 saturated heterocycles. The number of aromatic nitrogens is 3. The number of amides is 2. The summed E-state index contributed by atoms with van der Waals surface area (Å²) in [7, 11) is 0. The Balaban J connectivity index is 1.57. The van der Waals surface area contributed by atoms with E-state index in [1.54, 1.807) is 0 Å². The van der Waals surface area contributed by atoms with Crippen molar-refractivity contribution in [1.82, 2.24) is 25.0 Å². The maximum atomic E-state index is 12.9. The zero-order valence-corrected chi connectivity index (χ0v) is 14.7. The number of nitrogens with zero attached hydrogens (tertiary/aromatic N) is 4. The van der Waals surface area contributed by atoms with Crippen LogP contribution in [0.2, 0.25) is 0 Å². The predicted molar refractivity (Wildman–Crippen MR) is 89.2 cm³/mol. The molecule has 24 heavy (non-hydrogen) atoms. The summed E-state index contributed by atoms with van der Waals surface area (Å²) in [4.78, 5) is 33.5. The van der Waals surface area contributed by atoms with Gasteiger partial charge in [-0.15, -0.1) is 0 Å². The number of likely N-dealkylation sites (tertiary alicyclic amines) is 2. The summed E-state index contributed by atoms with van der Waals surface area (Å²) in [6.07, 6.45) is 4.70. The predicted octanol–water partition coefficient (Wildman–Crippen LogP) is 1.30. The van der Waals surface area contributed by atoms with Gasteiger partial charge in [-0.2, -0.15) is 5.10 Å². The van der Waals surface area contributed by atoms with Gasteiger partial charge >= 0.3 is 0 Å². The normalized spacial score (nSPS) is 24.2. The molecule has 1 spiro atoms. The Morgan fingerprint density at radius 2 is 2.17 bits per heavy atom. The molecule has 3 heterocycles. The number of nitrogens with one attached hydrogen (secondary N) is 1. The van der Waals surface area contributed by atoms with Crippen molar-refractivity contribution in [2.24, 2.45) is 5.41 Å². The molecule has 1 atom stereocenters. The molecule has 0 bridgehead atoms. The van der Waals surface area contributed by atoms with E-state index >= 15 is 0 Å². The van der Waals surface area contributed by atoms with E-state index in [4.69, 9.17) is 0 Å². The van der Waals surface area contributed by atoms with Crippen molar-refractivity contribution in [3.63, 3.8) is 0 Å². The monoisotopic (exact) mass is 333 g/mol. The Morgan fingerprint density at radius 1 is 1.33 bits per heavy atom. The van der Waals surface area contributed by atoms with Crippen molar-refractivity contribution in [1.29, 1.82) is 0 Å². The second-order valence-corrected chi connectivity index (χ2v) is 7.08. The molecule has 0 saturated carbocycles. The third-order valence-corrected chi connectivity index (χ3v) is 5.23. The first kappa shape index (κ1) is 16.9. The third kappa shape index (κ3) is 3.30. The summed E-state index contributed by atoms with van der Waals surface area (Å²) in [5.74, 6) is 1.81. The minimum atomic E-state index is -0.329. The minimum Gasteiger partial charge on any atom is -0.342 e. The quantitative estimate of drug-likeness (QED) is 0.880. The van der Waals surface area contributed by atoms with Gasteiger partial charge in [-0.3, -0.25) is 14.7 Å². The SMILES string of the molecule is CCCN1CCC[C@@]2(CCN(C(=O)CCc3n[nH]c(C)n3)C2)C1=O. The van der Waals surface area contributed by atoms with Crippen LogP contribution in [0, 0.1) is 12.3 Å². The van der Waals surface area contributed by atoms with Crippen LogP contribution in [0.25, 0.3) is 0 Å². The van der Waals surface area contributed by atoms with Crippen molar-refractivity contribution < 1.29 is 9.59 Å². The second kappa shape index (κ2) is 6.91. The average molecular weight is 333 g/mol. The van der Waals surface area contributed by atoms with Gasteiger partial charge in [0.2, 0.25) is 11.8 Å². The fraction of sp³-hybridized carbons (Fsp3) is 0.765. The van der Waals surface area contributed by atoms with E-state index in [-0.39, 0.29) is 17.2 Å². The van der Waals surface area contributed by atoms with Crippen LogP contribution >= 0.6 is 0 Å². The van der Waals surface area contributed by atoms with Crippen LogP contribution in [0.5, 0.6) is 0 Å². The second-order valence-electron chi connectivity index (χ2n) is 7.08. The fourth-order valence-electron chi connectivity index (χ4n) is 3.98. The summed E-state index contributed by atoms with van der Waals surface area (Å²) >= 11 is 0. The lowest BCUT2D eigenvalue weighted by molar-refractivity contribution is -0.146. The molecule has 3 rings (SSSR count). The number of piperidine rings is 1. The van der Waals surface area contributed by atoms with Gasteiger partial charge in [0.05, 0.1) is 5.41 Å². The van der Waals surface area contributed by atoms with Gasteiger partial charge in [0, 0.05) is 39.0 Å². The van der Waals surface area contributed by atoms with Crippen molar-refractivity contribution in [2.75, 3.05) is 26.2 Å². The molecule has 1 aromatic heterocycles. The highest BCUT2D eigenvalue weighted by atomic mass is 16.2. The van der Waals surface area contributed by atoms with E-state index in [9.17, 15) is 9.59 Å². The number of hydrogen-bond acceptors (Lipinski definition) is 4. The fourth-order valence-corrected chi connectivity index (χ4v) is 3.98. The topological polar surface area (TPSA) is 82.2 Å². The Labute approximate surface area is 142 Å². The molecule has 7 heteroatoms. The van der Waals surface area contributed by atoms with E-state index in [1.165, 1.54) is 0 Å². The number of carbonyl (C=O) groups is 2. The van der Waals surface area contributed by atoms with E-state index < -0.39 is 0 Å². The summed E-state index contributed by atoms with van der Waals surface area (Å²) in [5, 5.41) is 6.87. The highest BCUT2D eigenvalue weighted by molar-refractivity contribution is 5.86. The number of aromatic amines is 1. The van der Waals surface area contributed by atoms with Crippen molar-refractivity contribution in [3.05, 3.63) is 11.6 Å². The van der Waals surface area contributed by atoms with Crippen molar-refractivity contribution >= 4 is 11.8 Å². The Bertz CT molecular complexity index is 612. The van der Waals surface area contributed by atoms with Crippen molar-refractivity contribution in [2.45, 2.75) is 52.4 Å². The summed E-state index contributed by atoms with van der Waals surface area (Å²) < 4.78 is 0. The molecule has 0 radical (unpaired) electrons. The Hall–Kier alpha value is -1.92. The zero-order chi connectivity index (χ0) is 17.2. The van der Waals surface area contributed by atoms with Gasteiger partial charge in [-0.25, -0.2) is 4.98 Å². The number of H-pyrrole nitrogens is 1. The standard InChI is InChI=1S/C17H27N5O2/c1-3-9-21-10-4-7-17(16(21)24)8-11-22(12-17)15(23)6-5-14-18-13(2)19-20-14/h3-12H2,1-2H3,(H,18,19,20)/t17-/m0/s1. The summed E-state index contributed by atoms with van der Waals surface area (Å²) in [6.45, 7) is 6.92. The maximum Gasteiger partial charge on any atom is 0.230 e. The smallest absolute Gasteiger partial charge is 0.230 e. The molecular weight excluding hydrogens is 306 g/mol. The molecule has 7 nitrogen and oxygen atoms in total. The molecule has 132 valence electrons. The number of hydrogen-bond donors (Lipinski definition) is 1. The molecular formula is C17H27N5O2. The Kier molecular flexibility index (Phi) is 4.87. The average Bonchev–Trinajstić information content (AvgIpc) is 3.17. The first-order valence-electron chi connectivity index (χ1n) is 8.99. The van der Waals surface area contributed by atoms with Gasteiger partial charge in [0.25, 0.3) is 0 Å². The van der Waals surface area contributed by atoms with Gasteiger partial charge in [0.15, 0.2) is 5.82 Å². The van der Waals surface area contributed by atoms with Crippen molar-refractivity contribution in [3.8, 4) is 0 Å². The largest absolute Gasteiger partial charge is 0.342 e. The third-order valence-electron chi connectivity index (χ3n) is 5.23. The molecule has 2 aliphatic heterocycles. The minimum absolute atomic E-state index is 0.106. The number of rotatable bonds is 5. The van der Waals surface area contributed by atoms with Crippen LogP contribution in [0.1, 0.15) is 50.7 Å². The lowest BCUT2D eigenvalue weighted by atomic mass is 9.78. The van der Waals surface area contributed by atoms with Crippen LogP contribution in [0.15, 0.2) is 0 Å². The van der Waals surface area contributed by atoms with Crippen LogP contribution < -0.4 is 0 Å². The Morgan fingerprint density at radius 3 is 2.88 bits per heavy atom. The zero-order valence-electron chi connectivity index (χ0n) is 14.7. The summed E-state index contributed by atoms with van der Waals surface area (Å²) in [6, 6.07) is 0. The molecule has 1 aromatic rings. The van der Waals surface area contributed by atoms with Gasteiger partial charge in [0.1, 0.15) is 5.82 Å². The number of carbonyl (C=O) groups excluding carboxylic acids is 2. The molecule has 0 unspecified atom stereocenters. The van der Waals surface area contributed by atoms with Crippen LogP contribution in [0.4, 0.5) is 0 Å². The van der Waals surface area contributed by atoms with Gasteiger partial charge in [-0.1, -0.05) is 6.92 Å². The molecule has 0 aromatic carbocycles. The van der Waals surface area contributed by atoms with Gasteiger partial charge in [-0.05, 0) is 32.6 Å². The van der Waals surface area contributed by atoms with E-state index in [0.717, 1.165) is 44.6 Å². The first-order valence-corrected chi connectivity index (χ1v) is 8.99. The van der Waals surface area contributed by atoms with Crippen LogP contribution in [0.3, 0.4) is 0 Å². The molecule has 2 amide bonds. The van der Waals surface area contributed by atoms with Crippen LogP contribution in [-0.4, -0.2) is 63.0 Å². The van der Waals surface area contributed by atoms with E-state index in [2.05, 4.69) is 22.1 Å². The molecule has 1 N–H and O–H groups in total. The molecule has 0 aliphatic carbocycles. The highest BCUT2D eigenvalue weighted by Gasteiger charge is 2.48. The molecule has 2 aliphatic rings. The first-order chi connectivity index (χ1) is 11.5. The van der Waals surface area contributed by atoms with Crippen LogP contribution in [-0.2, 0) is 16.0 Å². The number of aryl methyl sites for hydroxylation is 2. The highest BCUT2D eigenvalue weighted by Crippen LogP contribution is 2.40.